The van der Waals surface area contributed by atoms with Gasteiger partial charge < -0.3 is 10.2 Å². The van der Waals surface area contributed by atoms with Crippen molar-refractivity contribution in [2.75, 3.05) is 18.0 Å². The molecule has 0 radical (unpaired) electrons. The molecule has 1 aliphatic rings. The summed E-state index contributed by atoms with van der Waals surface area (Å²) in [5, 5.41) is 3.46. The molecule has 1 aliphatic carbocycles. The topological polar surface area (TPSA) is 28.2 Å². The fourth-order valence-corrected chi connectivity index (χ4v) is 2.35. The molecule has 0 spiro atoms. The Morgan fingerprint density at radius 2 is 2.21 bits per heavy atom. The zero-order valence-corrected chi connectivity index (χ0v) is 12.5. The third kappa shape index (κ3) is 4.50. The van der Waals surface area contributed by atoms with Crippen LogP contribution in [0.2, 0.25) is 0 Å². The summed E-state index contributed by atoms with van der Waals surface area (Å²) in [6.45, 7) is 9.90. The summed E-state index contributed by atoms with van der Waals surface area (Å²) in [5.74, 6) is 1.84. The monoisotopic (exact) mass is 261 g/mol. The third-order valence-corrected chi connectivity index (χ3v) is 3.41. The zero-order chi connectivity index (χ0) is 13.7. The van der Waals surface area contributed by atoms with Crippen LogP contribution in [0.1, 0.15) is 45.6 Å². The molecule has 0 aromatic carbocycles. The predicted octanol–water partition coefficient (Wildman–Crippen LogP) is 3.21. The minimum Gasteiger partial charge on any atom is -0.353 e. The van der Waals surface area contributed by atoms with Crippen LogP contribution >= 0.6 is 0 Å². The molecule has 1 N–H and O–H groups in total. The van der Waals surface area contributed by atoms with E-state index in [1.165, 1.54) is 24.8 Å². The van der Waals surface area contributed by atoms with Crippen LogP contribution in [0.25, 0.3) is 0 Å². The van der Waals surface area contributed by atoms with Crippen molar-refractivity contribution in [3.8, 4) is 0 Å². The number of rotatable bonds is 8. The Morgan fingerprint density at radius 3 is 2.84 bits per heavy atom. The first-order valence-corrected chi connectivity index (χ1v) is 7.63. The molecule has 1 fully saturated rings. The smallest absolute Gasteiger partial charge is 0.129 e. The van der Waals surface area contributed by atoms with Crippen molar-refractivity contribution in [2.45, 2.75) is 52.6 Å². The van der Waals surface area contributed by atoms with Crippen molar-refractivity contribution in [3.63, 3.8) is 0 Å². The molecule has 0 saturated heterocycles. The molecule has 0 atom stereocenters. The Bertz CT molecular complexity index is 385. The SMILES string of the molecule is CCCNCc1ccnc(N(CC(C)C)C2CC2)c1. The molecule has 2 rings (SSSR count). The van der Waals surface area contributed by atoms with E-state index >= 15 is 0 Å². The largest absolute Gasteiger partial charge is 0.353 e. The van der Waals surface area contributed by atoms with Crippen molar-refractivity contribution < 1.29 is 0 Å². The minimum absolute atomic E-state index is 0.685. The van der Waals surface area contributed by atoms with Gasteiger partial charge in [-0.3, -0.25) is 0 Å². The summed E-state index contributed by atoms with van der Waals surface area (Å²) in [5.41, 5.74) is 1.34. The van der Waals surface area contributed by atoms with E-state index in [-0.39, 0.29) is 0 Å². The van der Waals surface area contributed by atoms with E-state index in [1.54, 1.807) is 0 Å². The Kier molecular flexibility index (Phi) is 5.20. The van der Waals surface area contributed by atoms with Crippen molar-refractivity contribution in [3.05, 3.63) is 23.9 Å². The first-order chi connectivity index (χ1) is 9.20. The lowest BCUT2D eigenvalue weighted by atomic mass is 10.2. The van der Waals surface area contributed by atoms with Crippen LogP contribution < -0.4 is 10.2 Å². The second-order valence-corrected chi connectivity index (χ2v) is 5.98. The highest BCUT2D eigenvalue weighted by molar-refractivity contribution is 5.43. The van der Waals surface area contributed by atoms with Crippen LogP contribution in [0.5, 0.6) is 0 Å². The maximum absolute atomic E-state index is 4.58. The van der Waals surface area contributed by atoms with Gasteiger partial charge in [0.1, 0.15) is 5.82 Å². The van der Waals surface area contributed by atoms with Gasteiger partial charge in [-0.05, 0) is 49.4 Å². The van der Waals surface area contributed by atoms with Gasteiger partial charge in [-0.2, -0.15) is 0 Å². The van der Waals surface area contributed by atoms with E-state index in [2.05, 4.69) is 48.1 Å². The first-order valence-electron chi connectivity index (χ1n) is 7.63. The average Bonchev–Trinajstić information content (AvgIpc) is 3.21. The molecular formula is C16H27N3. The molecule has 0 amide bonds. The summed E-state index contributed by atoms with van der Waals surface area (Å²) < 4.78 is 0. The minimum atomic E-state index is 0.685. The molecule has 0 unspecified atom stereocenters. The van der Waals surface area contributed by atoms with Gasteiger partial charge in [0.25, 0.3) is 0 Å². The summed E-state index contributed by atoms with van der Waals surface area (Å²) in [4.78, 5) is 7.07. The van der Waals surface area contributed by atoms with E-state index in [4.69, 9.17) is 0 Å². The number of hydrogen-bond donors (Lipinski definition) is 1. The number of hydrogen-bond acceptors (Lipinski definition) is 3. The van der Waals surface area contributed by atoms with Crippen LogP contribution in [-0.4, -0.2) is 24.1 Å². The number of nitrogens with one attached hydrogen (secondary N) is 1. The summed E-state index contributed by atoms with van der Waals surface area (Å²) in [6.07, 6.45) is 5.78. The van der Waals surface area contributed by atoms with Gasteiger partial charge in [0, 0.05) is 25.3 Å². The van der Waals surface area contributed by atoms with Crippen LogP contribution in [0.3, 0.4) is 0 Å². The van der Waals surface area contributed by atoms with Crippen molar-refractivity contribution in [1.29, 1.82) is 0 Å². The number of anilines is 1. The van der Waals surface area contributed by atoms with E-state index in [0.29, 0.717) is 5.92 Å². The quantitative estimate of drug-likeness (QED) is 0.728. The van der Waals surface area contributed by atoms with Gasteiger partial charge in [-0.25, -0.2) is 4.98 Å². The fourth-order valence-electron chi connectivity index (χ4n) is 2.35. The molecule has 3 nitrogen and oxygen atoms in total. The lowest BCUT2D eigenvalue weighted by Gasteiger charge is -2.26. The normalized spacial score (nSPS) is 14.9. The molecule has 1 aromatic heterocycles. The van der Waals surface area contributed by atoms with Gasteiger partial charge in [0.05, 0.1) is 0 Å². The van der Waals surface area contributed by atoms with Gasteiger partial charge in [0.2, 0.25) is 0 Å². The van der Waals surface area contributed by atoms with Crippen molar-refractivity contribution in [1.82, 2.24) is 10.3 Å². The van der Waals surface area contributed by atoms with Crippen LogP contribution in [0, 0.1) is 5.92 Å². The second-order valence-electron chi connectivity index (χ2n) is 5.98. The Hall–Kier alpha value is -1.09. The van der Waals surface area contributed by atoms with E-state index < -0.39 is 0 Å². The molecule has 1 aromatic rings. The van der Waals surface area contributed by atoms with Crippen molar-refractivity contribution in [2.24, 2.45) is 5.92 Å². The number of aromatic nitrogens is 1. The molecule has 1 heterocycles. The zero-order valence-electron chi connectivity index (χ0n) is 12.5. The standard InChI is InChI=1S/C16H27N3/c1-4-8-17-11-14-7-9-18-16(10-14)19(12-13(2)3)15-5-6-15/h7,9-10,13,15,17H,4-6,8,11-12H2,1-3H3. The highest BCUT2D eigenvalue weighted by Crippen LogP contribution is 2.31. The Morgan fingerprint density at radius 1 is 1.42 bits per heavy atom. The molecular weight excluding hydrogens is 234 g/mol. The van der Waals surface area contributed by atoms with Gasteiger partial charge >= 0.3 is 0 Å². The summed E-state index contributed by atoms with van der Waals surface area (Å²) in [6, 6.07) is 5.10. The van der Waals surface area contributed by atoms with Gasteiger partial charge in [-0.15, -0.1) is 0 Å². The van der Waals surface area contributed by atoms with E-state index in [1.807, 2.05) is 6.20 Å². The maximum atomic E-state index is 4.58. The average molecular weight is 261 g/mol. The van der Waals surface area contributed by atoms with E-state index in [0.717, 1.165) is 31.5 Å². The summed E-state index contributed by atoms with van der Waals surface area (Å²) in [7, 11) is 0. The van der Waals surface area contributed by atoms with Crippen LogP contribution in [-0.2, 0) is 6.54 Å². The molecule has 0 bridgehead atoms. The lowest BCUT2D eigenvalue weighted by molar-refractivity contribution is 0.602. The number of nitrogens with zero attached hydrogens (tertiary/aromatic N) is 2. The maximum Gasteiger partial charge on any atom is 0.129 e. The van der Waals surface area contributed by atoms with Gasteiger partial charge in [-0.1, -0.05) is 20.8 Å². The predicted molar refractivity (Wildman–Crippen MR) is 81.4 cm³/mol. The molecule has 19 heavy (non-hydrogen) atoms. The Balaban J connectivity index is 2.02. The van der Waals surface area contributed by atoms with Crippen LogP contribution in [0.15, 0.2) is 18.3 Å². The summed E-state index contributed by atoms with van der Waals surface area (Å²) >= 11 is 0. The molecule has 3 heteroatoms. The van der Waals surface area contributed by atoms with E-state index in [9.17, 15) is 0 Å². The highest BCUT2D eigenvalue weighted by Gasteiger charge is 2.30. The lowest BCUT2D eigenvalue weighted by Crippen LogP contribution is -2.30. The second kappa shape index (κ2) is 6.90. The fraction of sp³-hybridized carbons (Fsp3) is 0.688. The molecule has 1 saturated carbocycles. The molecule has 106 valence electrons. The Labute approximate surface area is 117 Å². The first kappa shape index (κ1) is 14.3. The third-order valence-electron chi connectivity index (χ3n) is 3.41. The molecule has 0 aliphatic heterocycles. The van der Waals surface area contributed by atoms with Gasteiger partial charge in [0.15, 0.2) is 0 Å². The number of pyridine rings is 1. The van der Waals surface area contributed by atoms with Crippen molar-refractivity contribution >= 4 is 5.82 Å². The highest BCUT2D eigenvalue weighted by atomic mass is 15.2. The van der Waals surface area contributed by atoms with Crippen LogP contribution in [0.4, 0.5) is 5.82 Å².